The van der Waals surface area contributed by atoms with Gasteiger partial charge in [0.05, 0.1) is 25.4 Å². The Hall–Kier alpha value is 1.14. The van der Waals surface area contributed by atoms with Crippen LogP contribution in [0.2, 0.25) is 0 Å². The van der Waals surface area contributed by atoms with Gasteiger partial charge in [-0.25, -0.2) is 0 Å². The molecule has 0 amide bonds. The Bertz CT molecular complexity index is 3060. The Labute approximate surface area is 666 Å². The van der Waals surface area contributed by atoms with Gasteiger partial charge in [-0.1, -0.05) is 285 Å². The molecule has 4 radical (unpaired) electrons. The molecular weight excluding hydrogens is 1430 g/mol. The molecule has 500 valence electrons. The quantitative estimate of drug-likeness (QED) is 0.163. The van der Waals surface area contributed by atoms with E-state index in [4.69, 9.17) is 14.2 Å². The van der Waals surface area contributed by atoms with Crippen molar-refractivity contribution in [2.75, 3.05) is 26.4 Å². The fraction of sp³-hybridized carbons (Fsp3) is 0.714. The Morgan fingerprint density at radius 1 is 0.337 bits per heavy atom. The number of nitrogens with one attached hydrogen (secondary N) is 1. The molecule has 92 heavy (non-hydrogen) atoms. The predicted molar refractivity (Wildman–Crippen MR) is 372 cm³/mol. The molecule has 4 heterocycles. The summed E-state index contributed by atoms with van der Waals surface area (Å²) >= 11 is 0. The van der Waals surface area contributed by atoms with Gasteiger partial charge in [0, 0.05) is 154 Å². The average molecular weight is 1550 g/mol. The summed E-state index contributed by atoms with van der Waals surface area (Å²) in [7, 11) is 0. The Balaban J connectivity index is 0.000000219. The third kappa shape index (κ3) is 11.6. The van der Waals surface area contributed by atoms with E-state index in [0.29, 0.717) is 47.3 Å². The van der Waals surface area contributed by atoms with Gasteiger partial charge in [0.2, 0.25) is 0 Å². The Morgan fingerprint density at radius 3 is 0.935 bits per heavy atom. The molecule has 4 fully saturated rings. The smallest absolute Gasteiger partial charge is 0.103 e. The van der Waals surface area contributed by atoms with Gasteiger partial charge in [-0.3, -0.25) is 0 Å². The maximum Gasteiger partial charge on any atom is 0.103 e. The molecule has 1 N–H and O–H groups in total. The minimum absolute atomic E-state index is 0. The van der Waals surface area contributed by atoms with E-state index in [1.165, 1.54) is 89.0 Å². The molecule has 8 heteroatoms. The standard InChI is InChI=1S/C21H32N.3C21H31O.4Y/c1-12(2)17-16-14(4)10-13(3)15(5)18(16)21(11-22-21)20(8,9)19(17,6)7;1-12(2)17-16-14(4)10-13(3)15(5)18(16)19(6,7)20(8,9)21(17)11-22-21;1-12(2)17-16-14(4)10-13(3)15(5)18(16)21(11-22-21)20(8,9)19(17,6)7;1-12(2)17-16-14(4)10-13(3)15(5)18(16)20(8,9)21(11-22-21)19(17,6)7;;;;/h12,17,22H,11H2,1-9H3;3*12,17H,11H2,1-9H3;;;;/q4*-1;;;;. The second-order valence-electron chi connectivity index (χ2n) is 36.0. The fourth-order valence-electron chi connectivity index (χ4n) is 21.7. The first kappa shape index (κ1) is 83.8. The molecule has 8 atom stereocenters. The molecule has 4 aromatic rings. The molecule has 4 saturated heterocycles. The molecule has 4 spiro atoms. The maximum absolute atomic E-state index is 6.23. The zero-order valence-electron chi connectivity index (χ0n) is 65.5. The molecule has 0 bridgehead atoms. The van der Waals surface area contributed by atoms with Gasteiger partial charge < -0.3 is 19.5 Å². The summed E-state index contributed by atoms with van der Waals surface area (Å²) in [6.45, 7) is 88.6. The summed E-state index contributed by atoms with van der Waals surface area (Å²) in [5.41, 5.74) is 29.9. The Morgan fingerprint density at radius 2 is 0.620 bits per heavy atom. The van der Waals surface area contributed by atoms with E-state index in [2.05, 4.69) is 279 Å². The van der Waals surface area contributed by atoms with Crippen LogP contribution in [0.5, 0.6) is 0 Å². The number of aryl methyl sites for hydroxylation is 8. The first-order valence-electron chi connectivity index (χ1n) is 34.8. The molecule has 8 unspecified atom stereocenters. The summed E-state index contributed by atoms with van der Waals surface area (Å²) in [6.07, 6.45) is 0. The Kier molecular flexibility index (Phi) is 24.4. The van der Waals surface area contributed by atoms with Gasteiger partial charge in [-0.2, -0.15) is 85.5 Å². The first-order valence-corrected chi connectivity index (χ1v) is 34.8. The molecule has 4 aliphatic heterocycles. The van der Waals surface area contributed by atoms with Crippen molar-refractivity contribution in [3.8, 4) is 0 Å². The van der Waals surface area contributed by atoms with Crippen molar-refractivity contribution in [3.63, 3.8) is 0 Å². The van der Waals surface area contributed by atoms with Crippen LogP contribution in [0.25, 0.3) is 0 Å². The number of hydrogen-bond donors (Lipinski definition) is 1. The number of hydrogen-bond acceptors (Lipinski definition) is 4. The van der Waals surface area contributed by atoms with E-state index in [0.717, 1.165) is 26.4 Å². The third-order valence-electron chi connectivity index (χ3n) is 28.6. The molecule has 8 aliphatic rings. The number of fused-ring (bicyclic) bond motifs is 6. The van der Waals surface area contributed by atoms with E-state index in [9.17, 15) is 0 Å². The zero-order chi connectivity index (χ0) is 66.7. The molecular formula is C84H125NO3Y4-4. The van der Waals surface area contributed by atoms with Crippen LogP contribution in [0.15, 0.2) is 0 Å². The largest absolute Gasteiger partial charge is 0.369 e. The van der Waals surface area contributed by atoms with Crippen molar-refractivity contribution in [3.05, 3.63) is 136 Å². The van der Waals surface area contributed by atoms with Gasteiger partial charge in [0.1, 0.15) is 11.2 Å². The summed E-state index contributed by atoms with van der Waals surface area (Å²) in [5, 5.41) is 3.79. The minimum Gasteiger partial charge on any atom is -0.369 e. The van der Waals surface area contributed by atoms with Gasteiger partial charge in [-0.05, 0) is 44.3 Å². The average Bonchev–Trinajstić information content (AvgIpc) is 1.63. The normalized spacial score (nSPS) is 30.1. The molecule has 4 aromatic carbocycles. The van der Waals surface area contributed by atoms with E-state index in [1.807, 2.05) is 0 Å². The van der Waals surface area contributed by atoms with Gasteiger partial charge in [0.15, 0.2) is 0 Å². The van der Waals surface area contributed by atoms with Crippen LogP contribution in [0.4, 0.5) is 0 Å². The SMILES string of the molecule is Cc1[c-]c(C)c2c(c1C)C(C)(C)C(C)(C)C1(CO1)C2C(C)C.Cc1[c-]c(C)c2c(c1C)C(C)(C)C1(CO1)C(C)(C)C2C(C)C.Cc1[c-]c(C)c2c(c1C)C1(CN1)C(C)(C)C(C)(C)C2C(C)C.Cc1[c-]c(C)c2c(c1C)C1(CO1)C(C)(C)C(C)(C)C2C(C)C.[Y].[Y].[Y].[Y]. The molecule has 4 nitrogen and oxygen atoms in total. The van der Waals surface area contributed by atoms with Crippen LogP contribution in [-0.4, -0.2) is 37.6 Å². The van der Waals surface area contributed by atoms with E-state index in [-0.39, 0.29) is 196 Å². The van der Waals surface area contributed by atoms with Crippen LogP contribution in [-0.2, 0) is 167 Å². The van der Waals surface area contributed by atoms with Crippen molar-refractivity contribution in [1.29, 1.82) is 0 Å². The molecule has 0 saturated carbocycles. The summed E-state index contributed by atoms with van der Waals surface area (Å²) < 4.78 is 18.7. The van der Waals surface area contributed by atoms with Crippen LogP contribution >= 0.6 is 0 Å². The third-order valence-corrected chi connectivity index (χ3v) is 28.6. The molecule has 0 aromatic heterocycles. The second kappa shape index (κ2) is 26.8. The zero-order valence-corrected chi connectivity index (χ0v) is 76.8. The monoisotopic (exact) mass is 1550 g/mol. The van der Waals surface area contributed by atoms with Crippen LogP contribution in [0, 0.1) is 164 Å². The topological polar surface area (TPSA) is 59.5 Å². The molecule has 4 aliphatic carbocycles. The first-order chi connectivity index (χ1) is 40.0. The summed E-state index contributed by atoms with van der Waals surface area (Å²) in [6, 6.07) is 14.5. The number of rotatable bonds is 4. The summed E-state index contributed by atoms with van der Waals surface area (Å²) in [4.78, 5) is 0. The van der Waals surface area contributed by atoms with Gasteiger partial charge >= 0.3 is 0 Å². The molecule has 12 rings (SSSR count). The van der Waals surface area contributed by atoms with Crippen molar-refractivity contribution in [2.45, 2.75) is 306 Å². The van der Waals surface area contributed by atoms with Crippen molar-refractivity contribution in [1.82, 2.24) is 5.32 Å². The van der Waals surface area contributed by atoms with Crippen LogP contribution in [0.3, 0.4) is 0 Å². The van der Waals surface area contributed by atoms with Crippen LogP contribution < -0.4 is 5.32 Å². The maximum atomic E-state index is 6.23. The second-order valence-corrected chi connectivity index (χ2v) is 36.0. The minimum atomic E-state index is -0.0913. The number of benzene rings is 4. The van der Waals surface area contributed by atoms with Gasteiger partial charge in [-0.15, -0.1) is 50.1 Å². The number of epoxide rings is 3. The predicted octanol–water partition coefficient (Wildman–Crippen LogP) is 20.9. The fourth-order valence-corrected chi connectivity index (χ4v) is 21.7. The van der Waals surface area contributed by atoms with Gasteiger partial charge in [0.25, 0.3) is 0 Å². The van der Waals surface area contributed by atoms with Crippen molar-refractivity contribution < 1.29 is 145 Å². The van der Waals surface area contributed by atoms with Crippen LogP contribution in [0.1, 0.15) is 301 Å². The summed E-state index contributed by atoms with van der Waals surface area (Å²) in [5.74, 6) is 4.54. The van der Waals surface area contributed by atoms with E-state index >= 15 is 0 Å². The number of ether oxygens (including phenoxy) is 3. The van der Waals surface area contributed by atoms with E-state index < -0.39 is 0 Å². The van der Waals surface area contributed by atoms with E-state index in [1.54, 1.807) is 22.3 Å². The van der Waals surface area contributed by atoms with Crippen molar-refractivity contribution in [2.24, 2.45) is 56.2 Å². The van der Waals surface area contributed by atoms with Crippen molar-refractivity contribution >= 4 is 0 Å².